The van der Waals surface area contributed by atoms with Crippen LogP contribution in [0.2, 0.25) is 5.15 Å². The van der Waals surface area contributed by atoms with Crippen LogP contribution in [0.25, 0.3) is 11.0 Å². The first-order valence-electron chi connectivity index (χ1n) is 9.83. The number of H-pyrrole nitrogens is 1. The molecule has 0 amide bonds. The molecule has 11 heteroatoms. The maximum Gasteiger partial charge on any atom is 0.277 e. The van der Waals surface area contributed by atoms with E-state index in [9.17, 15) is 13.2 Å². The van der Waals surface area contributed by atoms with Crippen LogP contribution < -0.4 is 15.2 Å². The van der Waals surface area contributed by atoms with E-state index in [4.69, 9.17) is 16.3 Å². The number of hydrogen-bond acceptors (Lipinski definition) is 6. The second-order valence-corrected chi connectivity index (χ2v) is 10.1. The summed E-state index contributed by atoms with van der Waals surface area (Å²) in [6.07, 6.45) is 2.92. The number of ether oxygens (including phenoxy) is 1. The number of rotatable bonds is 5. The molecule has 166 valence electrons. The van der Waals surface area contributed by atoms with Crippen LogP contribution in [0.15, 0.2) is 29.1 Å². The normalized spacial score (nSPS) is 15.4. The average Bonchev–Trinajstić information content (AvgIpc) is 3.01. The zero-order valence-corrected chi connectivity index (χ0v) is 19.0. The number of benzene rings is 1. The van der Waals surface area contributed by atoms with Crippen molar-refractivity contribution in [2.24, 2.45) is 7.05 Å². The molecule has 4 rings (SSSR count). The Balaban J connectivity index is 1.83. The average molecular weight is 466 g/mol. The smallest absolute Gasteiger partial charge is 0.277 e. The molecule has 1 aliphatic rings. The molecule has 0 radical (unpaired) electrons. The summed E-state index contributed by atoms with van der Waals surface area (Å²) >= 11 is 6.15. The van der Waals surface area contributed by atoms with Gasteiger partial charge in [0.2, 0.25) is 10.0 Å². The van der Waals surface area contributed by atoms with Crippen LogP contribution in [0.5, 0.6) is 0 Å². The minimum atomic E-state index is -3.51. The lowest BCUT2D eigenvalue weighted by Gasteiger charge is -2.26. The van der Waals surface area contributed by atoms with Crippen LogP contribution in [0.1, 0.15) is 24.3 Å². The molecule has 0 bridgehead atoms. The number of halogens is 1. The highest BCUT2D eigenvalue weighted by molar-refractivity contribution is 7.92. The van der Waals surface area contributed by atoms with Crippen LogP contribution in [-0.2, 0) is 21.8 Å². The number of anilines is 3. The Morgan fingerprint density at radius 3 is 2.65 bits per heavy atom. The van der Waals surface area contributed by atoms with E-state index < -0.39 is 10.0 Å². The summed E-state index contributed by atoms with van der Waals surface area (Å²) in [5, 5.41) is 6.61. The van der Waals surface area contributed by atoms with Gasteiger partial charge in [-0.05, 0) is 42.5 Å². The van der Waals surface area contributed by atoms with E-state index in [1.807, 2.05) is 18.2 Å². The molecule has 3 aromatic rings. The van der Waals surface area contributed by atoms with Gasteiger partial charge in [-0.2, -0.15) is 0 Å². The fraction of sp³-hybridized carbons (Fsp3) is 0.400. The molecule has 1 aromatic carbocycles. The summed E-state index contributed by atoms with van der Waals surface area (Å²) < 4.78 is 32.7. The Morgan fingerprint density at radius 2 is 1.97 bits per heavy atom. The third-order valence-corrected chi connectivity index (χ3v) is 6.99. The third kappa shape index (κ3) is 4.28. The van der Waals surface area contributed by atoms with Crippen molar-refractivity contribution < 1.29 is 13.2 Å². The van der Waals surface area contributed by atoms with Crippen molar-refractivity contribution in [2.75, 3.05) is 36.1 Å². The molecule has 2 aromatic heterocycles. The highest BCUT2D eigenvalue weighted by atomic mass is 35.5. The molecule has 3 heterocycles. The maximum absolute atomic E-state index is 12.6. The summed E-state index contributed by atoms with van der Waals surface area (Å²) in [4.78, 5) is 16.7. The number of aryl methyl sites for hydroxylation is 1. The zero-order chi connectivity index (χ0) is 22.3. The van der Waals surface area contributed by atoms with E-state index in [0.717, 1.165) is 24.7 Å². The van der Waals surface area contributed by atoms with E-state index in [1.165, 1.54) is 16.0 Å². The number of aromatic nitrogens is 3. The van der Waals surface area contributed by atoms with Crippen molar-refractivity contribution >= 4 is 49.7 Å². The van der Waals surface area contributed by atoms with Crippen LogP contribution in [-0.4, -0.2) is 49.7 Å². The fourth-order valence-corrected chi connectivity index (χ4v) is 4.51. The molecule has 1 aliphatic heterocycles. The zero-order valence-electron chi connectivity index (χ0n) is 17.5. The minimum absolute atomic E-state index is 0.202. The van der Waals surface area contributed by atoms with Gasteiger partial charge in [0.25, 0.3) is 5.56 Å². The summed E-state index contributed by atoms with van der Waals surface area (Å²) in [6, 6.07) is 7.25. The first kappa shape index (κ1) is 21.7. The number of hydrogen-bond donors (Lipinski definition) is 2. The Bertz CT molecular complexity index is 1290. The standard InChI is InChI=1S/C20H24ClN5O4S/c1-25-20(27)18-15(11-17(21)23-19(18)24-25)22-14-5-4-13(12-6-8-30-9-7-12)10-16(14)26(2)31(3,28)29/h4-5,10-12H,6-9H2,1-3H3,(H2,22,23,24). The summed E-state index contributed by atoms with van der Waals surface area (Å²) in [6.45, 7) is 1.37. The summed E-state index contributed by atoms with van der Waals surface area (Å²) in [7, 11) is -0.416. The van der Waals surface area contributed by atoms with Crippen molar-refractivity contribution in [2.45, 2.75) is 18.8 Å². The van der Waals surface area contributed by atoms with Gasteiger partial charge in [0, 0.05) is 27.3 Å². The molecule has 0 atom stereocenters. The topological polar surface area (TPSA) is 109 Å². The fourth-order valence-electron chi connectivity index (χ4n) is 3.81. The van der Waals surface area contributed by atoms with E-state index in [0.29, 0.717) is 47.2 Å². The number of aromatic amines is 1. The maximum atomic E-state index is 12.6. The van der Waals surface area contributed by atoms with Crippen LogP contribution in [0.3, 0.4) is 0 Å². The van der Waals surface area contributed by atoms with Gasteiger partial charge in [0.1, 0.15) is 10.5 Å². The number of nitrogens with one attached hydrogen (secondary N) is 2. The van der Waals surface area contributed by atoms with Crippen LogP contribution in [0.4, 0.5) is 17.1 Å². The van der Waals surface area contributed by atoms with Gasteiger partial charge in [0.15, 0.2) is 5.65 Å². The molecular formula is C20H24ClN5O4S. The van der Waals surface area contributed by atoms with Crippen molar-refractivity contribution in [1.82, 2.24) is 14.8 Å². The van der Waals surface area contributed by atoms with Gasteiger partial charge in [-0.1, -0.05) is 17.7 Å². The van der Waals surface area contributed by atoms with Crippen LogP contribution in [0, 0.1) is 0 Å². The van der Waals surface area contributed by atoms with E-state index in [-0.39, 0.29) is 10.7 Å². The first-order valence-corrected chi connectivity index (χ1v) is 12.1. The molecule has 0 aliphatic carbocycles. The molecule has 9 nitrogen and oxygen atoms in total. The molecule has 1 fully saturated rings. The SMILES string of the molecule is CN(c1cc(C2CCOCC2)ccc1Nc1cc(Cl)nc2[nH]n(C)c(=O)c12)S(C)(=O)=O. The number of fused-ring (bicyclic) bond motifs is 1. The predicted octanol–water partition coefficient (Wildman–Crippen LogP) is 2.95. The summed E-state index contributed by atoms with van der Waals surface area (Å²) in [5.74, 6) is 0.300. The summed E-state index contributed by atoms with van der Waals surface area (Å²) in [5.41, 5.74) is 2.60. The first-order chi connectivity index (χ1) is 14.6. The van der Waals surface area contributed by atoms with Gasteiger partial charge < -0.3 is 10.1 Å². The second-order valence-electron chi connectivity index (χ2n) is 7.71. The van der Waals surface area contributed by atoms with E-state index in [2.05, 4.69) is 15.4 Å². The Labute approximate surface area is 185 Å². The molecule has 0 saturated carbocycles. The van der Waals surface area contributed by atoms with Gasteiger partial charge in [-0.15, -0.1) is 0 Å². The third-order valence-electron chi connectivity index (χ3n) is 5.60. The highest BCUT2D eigenvalue weighted by Crippen LogP contribution is 2.37. The molecule has 2 N–H and O–H groups in total. The molecule has 0 spiro atoms. The number of pyridine rings is 1. The Kier molecular flexibility index (Phi) is 5.71. The van der Waals surface area contributed by atoms with Crippen molar-refractivity contribution in [1.29, 1.82) is 0 Å². The quantitative estimate of drug-likeness (QED) is 0.561. The predicted molar refractivity (Wildman–Crippen MR) is 122 cm³/mol. The van der Waals surface area contributed by atoms with Crippen molar-refractivity contribution in [3.63, 3.8) is 0 Å². The second kappa shape index (κ2) is 8.18. The Morgan fingerprint density at radius 1 is 1.26 bits per heavy atom. The van der Waals surface area contributed by atoms with Crippen molar-refractivity contribution in [3.8, 4) is 0 Å². The molecule has 0 unspecified atom stereocenters. The monoisotopic (exact) mass is 465 g/mol. The van der Waals surface area contributed by atoms with Gasteiger partial charge in [0.05, 0.1) is 23.3 Å². The van der Waals surface area contributed by atoms with Gasteiger partial charge in [-0.25, -0.2) is 13.4 Å². The van der Waals surface area contributed by atoms with Crippen LogP contribution >= 0.6 is 11.6 Å². The highest BCUT2D eigenvalue weighted by Gasteiger charge is 2.22. The van der Waals surface area contributed by atoms with Gasteiger partial charge in [-0.3, -0.25) is 18.9 Å². The molecular weight excluding hydrogens is 442 g/mol. The Hall–Kier alpha value is -2.56. The van der Waals surface area contributed by atoms with E-state index >= 15 is 0 Å². The molecule has 1 saturated heterocycles. The van der Waals surface area contributed by atoms with Gasteiger partial charge >= 0.3 is 0 Å². The van der Waals surface area contributed by atoms with E-state index in [1.54, 1.807) is 13.1 Å². The number of nitrogens with zero attached hydrogens (tertiary/aromatic N) is 3. The number of sulfonamides is 1. The lowest BCUT2D eigenvalue weighted by Crippen LogP contribution is -2.26. The minimum Gasteiger partial charge on any atom is -0.381 e. The lowest BCUT2D eigenvalue weighted by atomic mass is 9.91. The lowest BCUT2D eigenvalue weighted by molar-refractivity contribution is 0.0853. The van der Waals surface area contributed by atoms with Crippen molar-refractivity contribution in [3.05, 3.63) is 45.3 Å². The largest absolute Gasteiger partial charge is 0.381 e. The molecule has 31 heavy (non-hydrogen) atoms.